The van der Waals surface area contributed by atoms with Gasteiger partial charge in [0.2, 0.25) is 5.91 Å². The molecule has 3 N–H and O–H groups in total. The van der Waals surface area contributed by atoms with Gasteiger partial charge in [-0.05, 0) is 37.5 Å². The van der Waals surface area contributed by atoms with Crippen molar-refractivity contribution in [2.45, 2.75) is 19.8 Å². The van der Waals surface area contributed by atoms with Gasteiger partial charge in [-0.25, -0.2) is 4.39 Å². The molecule has 1 aliphatic heterocycles. The van der Waals surface area contributed by atoms with Gasteiger partial charge < -0.3 is 15.8 Å². The number of thiocarbonyl (C=S) groups is 1. The lowest BCUT2D eigenvalue weighted by molar-refractivity contribution is -0.126. The molecule has 2 rings (SSSR count). The van der Waals surface area contributed by atoms with Crippen molar-refractivity contribution in [1.29, 1.82) is 0 Å². The number of halogens is 1. The van der Waals surface area contributed by atoms with E-state index in [-0.39, 0.29) is 16.6 Å². The topological polar surface area (TPSA) is 64.4 Å². The van der Waals surface area contributed by atoms with E-state index in [0.717, 1.165) is 5.56 Å². The first kappa shape index (κ1) is 14.9. The second kappa shape index (κ2) is 5.85. The number of anilines is 1. The molecule has 0 spiro atoms. The molecule has 6 heteroatoms. The maximum absolute atomic E-state index is 13.8. The van der Waals surface area contributed by atoms with Crippen LogP contribution in [0.2, 0.25) is 0 Å². The van der Waals surface area contributed by atoms with Crippen LogP contribution in [0.25, 0.3) is 0 Å². The summed E-state index contributed by atoms with van der Waals surface area (Å²) < 4.78 is 19.0. The van der Waals surface area contributed by atoms with Crippen molar-refractivity contribution in [1.82, 2.24) is 0 Å². The highest BCUT2D eigenvalue weighted by molar-refractivity contribution is 7.80. The van der Waals surface area contributed by atoms with Gasteiger partial charge in [0.15, 0.2) is 0 Å². The van der Waals surface area contributed by atoms with Gasteiger partial charge in [0, 0.05) is 13.2 Å². The van der Waals surface area contributed by atoms with Crippen molar-refractivity contribution < 1.29 is 13.9 Å². The van der Waals surface area contributed by atoms with Gasteiger partial charge in [-0.15, -0.1) is 0 Å². The van der Waals surface area contributed by atoms with Crippen LogP contribution in [0.5, 0.6) is 0 Å². The van der Waals surface area contributed by atoms with Crippen molar-refractivity contribution in [2.24, 2.45) is 11.1 Å². The summed E-state index contributed by atoms with van der Waals surface area (Å²) in [6.45, 7) is 2.62. The summed E-state index contributed by atoms with van der Waals surface area (Å²) >= 11 is 5.04. The Kier molecular flexibility index (Phi) is 4.35. The number of nitrogens with one attached hydrogen (secondary N) is 1. The van der Waals surface area contributed by atoms with Crippen LogP contribution in [-0.2, 0) is 9.53 Å². The summed E-state index contributed by atoms with van der Waals surface area (Å²) in [7, 11) is 0. The van der Waals surface area contributed by atoms with Crippen LogP contribution in [0.15, 0.2) is 18.2 Å². The van der Waals surface area contributed by atoms with E-state index in [9.17, 15) is 9.18 Å². The smallest absolute Gasteiger partial charge is 0.237 e. The minimum atomic E-state index is -0.953. The number of aryl methyl sites for hydroxylation is 1. The van der Waals surface area contributed by atoms with Crippen LogP contribution in [0.4, 0.5) is 10.1 Å². The summed E-state index contributed by atoms with van der Waals surface area (Å²) in [5.41, 5.74) is 5.72. The van der Waals surface area contributed by atoms with Gasteiger partial charge in [-0.1, -0.05) is 18.3 Å². The highest BCUT2D eigenvalue weighted by atomic mass is 32.1. The van der Waals surface area contributed by atoms with E-state index in [1.54, 1.807) is 13.0 Å². The summed E-state index contributed by atoms with van der Waals surface area (Å²) in [6, 6.07) is 4.64. The van der Waals surface area contributed by atoms with Crippen molar-refractivity contribution in [2.75, 3.05) is 18.5 Å². The minimum Gasteiger partial charge on any atom is -0.392 e. The summed E-state index contributed by atoms with van der Waals surface area (Å²) in [4.78, 5) is 12.6. The lowest BCUT2D eigenvalue weighted by Crippen LogP contribution is -2.49. The zero-order valence-electron chi connectivity index (χ0n) is 11.2. The maximum atomic E-state index is 13.8. The van der Waals surface area contributed by atoms with Crippen LogP contribution >= 0.6 is 12.2 Å². The molecule has 0 aliphatic carbocycles. The summed E-state index contributed by atoms with van der Waals surface area (Å²) in [5.74, 6) is -0.834. The largest absolute Gasteiger partial charge is 0.392 e. The molecule has 1 saturated heterocycles. The predicted molar refractivity (Wildman–Crippen MR) is 79.0 cm³/mol. The lowest BCUT2D eigenvalue weighted by atomic mass is 9.79. The number of amides is 1. The molecule has 0 radical (unpaired) electrons. The fourth-order valence-corrected chi connectivity index (χ4v) is 2.57. The molecular formula is C14H17FN2O2S. The van der Waals surface area contributed by atoms with Gasteiger partial charge in [0.05, 0.1) is 10.7 Å². The van der Waals surface area contributed by atoms with Crippen LogP contribution in [-0.4, -0.2) is 24.1 Å². The Balaban J connectivity index is 2.22. The molecule has 0 unspecified atom stereocenters. The number of nitrogens with two attached hydrogens (primary N) is 1. The Morgan fingerprint density at radius 1 is 1.45 bits per heavy atom. The van der Waals surface area contributed by atoms with Gasteiger partial charge >= 0.3 is 0 Å². The number of hydrogen-bond acceptors (Lipinski definition) is 3. The van der Waals surface area contributed by atoms with Crippen LogP contribution in [0, 0.1) is 18.2 Å². The van der Waals surface area contributed by atoms with Crippen molar-refractivity contribution in [3.8, 4) is 0 Å². The molecule has 0 saturated carbocycles. The molecule has 0 aromatic heterocycles. The molecular weight excluding hydrogens is 279 g/mol. The van der Waals surface area contributed by atoms with E-state index in [0.29, 0.717) is 26.1 Å². The van der Waals surface area contributed by atoms with Gasteiger partial charge in [-0.3, -0.25) is 4.79 Å². The molecule has 0 atom stereocenters. The highest BCUT2D eigenvalue weighted by Crippen LogP contribution is 2.33. The third kappa shape index (κ3) is 2.81. The fourth-order valence-electron chi connectivity index (χ4n) is 2.27. The Morgan fingerprint density at radius 2 is 2.10 bits per heavy atom. The van der Waals surface area contributed by atoms with Crippen LogP contribution in [0.3, 0.4) is 0 Å². The lowest BCUT2D eigenvalue weighted by Gasteiger charge is -2.34. The molecule has 1 aliphatic rings. The first-order valence-electron chi connectivity index (χ1n) is 6.41. The summed E-state index contributed by atoms with van der Waals surface area (Å²) in [6.07, 6.45) is 0.837. The second-order valence-corrected chi connectivity index (χ2v) is 5.44. The molecule has 4 nitrogen and oxygen atoms in total. The van der Waals surface area contributed by atoms with E-state index >= 15 is 0 Å². The molecule has 1 heterocycles. The number of benzene rings is 1. The van der Waals surface area contributed by atoms with Crippen molar-refractivity contribution >= 4 is 28.8 Å². The van der Waals surface area contributed by atoms with E-state index in [2.05, 4.69) is 5.32 Å². The fraction of sp³-hybridized carbons (Fsp3) is 0.429. The number of hydrogen-bond donors (Lipinski definition) is 2. The first-order valence-corrected chi connectivity index (χ1v) is 6.82. The minimum absolute atomic E-state index is 0.130. The van der Waals surface area contributed by atoms with Gasteiger partial charge in [0.25, 0.3) is 0 Å². The Labute approximate surface area is 122 Å². The van der Waals surface area contributed by atoms with Crippen molar-refractivity contribution in [3.05, 3.63) is 29.6 Å². The molecule has 108 valence electrons. The number of carbonyl (C=O) groups excluding carboxylic acids is 1. The van der Waals surface area contributed by atoms with E-state index < -0.39 is 11.2 Å². The third-order valence-corrected chi connectivity index (χ3v) is 4.02. The highest BCUT2D eigenvalue weighted by Gasteiger charge is 2.43. The molecule has 1 aromatic carbocycles. The molecule has 20 heavy (non-hydrogen) atoms. The number of ether oxygens (including phenoxy) is 1. The molecule has 1 amide bonds. The van der Waals surface area contributed by atoms with Crippen LogP contribution < -0.4 is 11.1 Å². The average Bonchev–Trinajstić information content (AvgIpc) is 2.42. The third-order valence-electron chi connectivity index (χ3n) is 3.63. The Hall–Kier alpha value is -1.53. The summed E-state index contributed by atoms with van der Waals surface area (Å²) in [5, 5.41) is 2.59. The number of carbonyl (C=O) groups is 1. The number of rotatable bonds is 3. The monoisotopic (exact) mass is 296 g/mol. The normalized spacial score (nSPS) is 17.5. The second-order valence-electron chi connectivity index (χ2n) is 5.00. The SMILES string of the molecule is Cc1ccc(NC(=O)C2(C(N)=S)CCOCC2)c(F)c1. The quantitative estimate of drug-likeness (QED) is 0.839. The van der Waals surface area contributed by atoms with E-state index in [1.165, 1.54) is 12.1 Å². The zero-order chi connectivity index (χ0) is 14.8. The van der Waals surface area contributed by atoms with E-state index in [1.807, 2.05) is 0 Å². The molecule has 1 fully saturated rings. The Morgan fingerprint density at radius 3 is 2.65 bits per heavy atom. The standard InChI is InChI=1S/C14H17FN2O2S/c1-9-2-3-11(10(15)8-9)17-13(18)14(12(16)20)4-6-19-7-5-14/h2-3,8H,4-7H2,1H3,(H2,16,20)(H,17,18). The molecule has 0 bridgehead atoms. The predicted octanol–water partition coefficient (Wildman–Crippen LogP) is 2.16. The Bertz CT molecular complexity index is 542. The van der Waals surface area contributed by atoms with Gasteiger partial charge in [-0.2, -0.15) is 0 Å². The average molecular weight is 296 g/mol. The molecule has 1 aromatic rings. The maximum Gasteiger partial charge on any atom is 0.237 e. The van der Waals surface area contributed by atoms with Crippen LogP contribution in [0.1, 0.15) is 18.4 Å². The first-order chi connectivity index (χ1) is 9.45. The van der Waals surface area contributed by atoms with Gasteiger partial charge in [0.1, 0.15) is 11.2 Å². The van der Waals surface area contributed by atoms with E-state index in [4.69, 9.17) is 22.7 Å². The van der Waals surface area contributed by atoms with Crippen molar-refractivity contribution in [3.63, 3.8) is 0 Å². The zero-order valence-corrected chi connectivity index (χ0v) is 12.1.